The Balaban J connectivity index is 1.31. The fourth-order valence-electron chi connectivity index (χ4n) is 4.71. The highest BCUT2D eigenvalue weighted by molar-refractivity contribution is 8.18. The minimum absolute atomic E-state index is 0.0249. The Morgan fingerprint density at radius 2 is 2.11 bits per heavy atom. The van der Waals surface area contributed by atoms with E-state index in [9.17, 15) is 18.0 Å². The standard InChI is InChI=1S/C26H25ClF3N5O2S/c1-34(20-10-19(14-37-2)31-12-20)25-33-24(36)23(38-25)8-15-3-6-22-17(7-15)11-32-35(22)13-16-4-5-18(27)9-21(16)26(28,29)30/h3-9,11,19-20,31H,10,12-14H2,1-2H3/b23-8-/t19-,20?/m0/s1. The Kier molecular flexibility index (Phi) is 7.54. The maximum Gasteiger partial charge on any atom is 0.416 e. The van der Waals surface area contributed by atoms with Gasteiger partial charge in [0.1, 0.15) is 0 Å². The number of halogens is 4. The summed E-state index contributed by atoms with van der Waals surface area (Å²) in [7, 11) is 3.62. The zero-order chi connectivity index (χ0) is 27.0. The number of aliphatic imine (C=N–C) groups is 1. The molecular formula is C26H25ClF3N5O2S. The second kappa shape index (κ2) is 10.7. The molecule has 0 spiro atoms. The molecule has 12 heteroatoms. The third-order valence-electron chi connectivity index (χ3n) is 6.69. The Labute approximate surface area is 226 Å². The minimum Gasteiger partial charge on any atom is -0.383 e. The van der Waals surface area contributed by atoms with Crippen molar-refractivity contribution < 1.29 is 22.7 Å². The van der Waals surface area contributed by atoms with Crippen molar-refractivity contribution in [3.05, 3.63) is 69.2 Å². The Hall–Kier alpha value is -2.86. The van der Waals surface area contributed by atoms with E-state index in [-0.39, 0.29) is 35.1 Å². The molecule has 3 aromatic rings. The van der Waals surface area contributed by atoms with Crippen LogP contribution in [0.3, 0.4) is 0 Å². The fourth-order valence-corrected chi connectivity index (χ4v) is 5.83. The zero-order valence-corrected chi connectivity index (χ0v) is 22.2. The van der Waals surface area contributed by atoms with Crippen LogP contribution in [0.5, 0.6) is 0 Å². The van der Waals surface area contributed by atoms with Crippen molar-refractivity contribution in [2.75, 3.05) is 27.3 Å². The van der Waals surface area contributed by atoms with Crippen LogP contribution in [0.4, 0.5) is 13.2 Å². The molecule has 1 fully saturated rings. The molecule has 0 aliphatic carbocycles. The molecule has 0 bridgehead atoms. The molecule has 38 heavy (non-hydrogen) atoms. The summed E-state index contributed by atoms with van der Waals surface area (Å²) in [5, 5.41) is 9.15. The van der Waals surface area contributed by atoms with Crippen LogP contribution in [-0.4, -0.2) is 65.1 Å². The van der Waals surface area contributed by atoms with Crippen LogP contribution in [0.1, 0.15) is 23.1 Å². The number of aromatic nitrogens is 2. The Bertz CT molecular complexity index is 1440. The number of thioether (sulfide) groups is 1. The molecule has 2 aromatic carbocycles. The van der Waals surface area contributed by atoms with Crippen LogP contribution >= 0.6 is 23.4 Å². The molecule has 2 aliphatic rings. The van der Waals surface area contributed by atoms with Crippen molar-refractivity contribution in [2.24, 2.45) is 4.99 Å². The molecular weight excluding hydrogens is 539 g/mol. The molecule has 2 atom stereocenters. The number of ether oxygens (including phenoxy) is 1. The SMILES string of the molecule is COC[C@@H]1CC(N(C)C2=NC(=O)/C(=C/c3ccc4c(cnn4Cc4ccc(Cl)cc4C(F)(F)F)c3)S2)CN1. The first-order valence-corrected chi connectivity index (χ1v) is 13.1. The predicted octanol–water partition coefficient (Wildman–Crippen LogP) is 5.04. The van der Waals surface area contributed by atoms with Gasteiger partial charge in [0.05, 0.1) is 35.3 Å². The molecule has 2 aliphatic heterocycles. The number of methoxy groups -OCH3 is 1. The number of nitrogens with zero attached hydrogens (tertiary/aromatic N) is 4. The predicted molar refractivity (Wildman–Crippen MR) is 143 cm³/mol. The molecule has 1 aromatic heterocycles. The molecule has 0 radical (unpaired) electrons. The monoisotopic (exact) mass is 563 g/mol. The highest BCUT2D eigenvalue weighted by Crippen LogP contribution is 2.35. The highest BCUT2D eigenvalue weighted by atomic mass is 35.5. The number of rotatable bonds is 6. The summed E-state index contributed by atoms with van der Waals surface area (Å²) in [6.45, 7) is 1.36. The molecule has 7 nitrogen and oxygen atoms in total. The van der Waals surface area contributed by atoms with E-state index in [0.717, 1.165) is 30.0 Å². The summed E-state index contributed by atoms with van der Waals surface area (Å²) in [6, 6.07) is 9.68. The maximum absolute atomic E-state index is 13.5. The molecule has 1 saturated heterocycles. The van der Waals surface area contributed by atoms with Crippen molar-refractivity contribution >= 4 is 51.4 Å². The molecule has 0 saturated carbocycles. The first kappa shape index (κ1) is 26.7. The van der Waals surface area contributed by atoms with E-state index in [0.29, 0.717) is 22.2 Å². The average Bonchev–Trinajstić information content (AvgIpc) is 3.59. The molecule has 1 N–H and O–H groups in total. The molecule has 1 unspecified atom stereocenters. The summed E-state index contributed by atoms with van der Waals surface area (Å²) < 4.78 is 47.3. The van der Waals surface area contributed by atoms with Gasteiger partial charge in [0.15, 0.2) is 5.17 Å². The number of alkyl halides is 3. The zero-order valence-electron chi connectivity index (χ0n) is 20.6. The van der Waals surface area contributed by atoms with Crippen LogP contribution < -0.4 is 5.32 Å². The number of carbonyl (C=O) groups is 1. The third kappa shape index (κ3) is 5.61. The van der Waals surface area contributed by atoms with Gasteiger partial charge in [-0.25, -0.2) is 0 Å². The van der Waals surface area contributed by atoms with Gasteiger partial charge in [0.2, 0.25) is 0 Å². The molecule has 1 amide bonds. The highest BCUT2D eigenvalue weighted by Gasteiger charge is 2.34. The van der Waals surface area contributed by atoms with Crippen molar-refractivity contribution in [1.82, 2.24) is 20.0 Å². The number of hydrogen-bond acceptors (Lipinski definition) is 6. The lowest BCUT2D eigenvalue weighted by Gasteiger charge is -2.24. The van der Waals surface area contributed by atoms with Crippen molar-refractivity contribution in [2.45, 2.75) is 31.2 Å². The average molecular weight is 564 g/mol. The van der Waals surface area contributed by atoms with Crippen LogP contribution in [0.25, 0.3) is 17.0 Å². The van der Waals surface area contributed by atoms with Crippen LogP contribution in [0.2, 0.25) is 5.02 Å². The summed E-state index contributed by atoms with van der Waals surface area (Å²) in [6.07, 6.45) is -0.250. The molecule has 5 rings (SSSR count). The van der Waals surface area contributed by atoms with E-state index in [1.54, 1.807) is 25.4 Å². The number of amides is 1. The number of nitrogens with one attached hydrogen (secondary N) is 1. The normalized spacial score (nSPS) is 21.1. The first-order chi connectivity index (χ1) is 18.1. The summed E-state index contributed by atoms with van der Waals surface area (Å²) in [5.41, 5.74) is 0.745. The third-order valence-corrected chi connectivity index (χ3v) is 8.00. The number of carbonyl (C=O) groups excluding carboxylic acids is 1. The van der Waals surface area contributed by atoms with Gasteiger partial charge in [-0.3, -0.25) is 9.48 Å². The van der Waals surface area contributed by atoms with E-state index < -0.39 is 11.7 Å². The number of fused-ring (bicyclic) bond motifs is 1. The quantitative estimate of drug-likeness (QED) is 0.424. The van der Waals surface area contributed by atoms with E-state index in [2.05, 4.69) is 15.4 Å². The van der Waals surface area contributed by atoms with Crippen LogP contribution in [-0.2, 0) is 22.3 Å². The minimum atomic E-state index is -4.52. The second-order valence-corrected chi connectivity index (χ2v) is 10.7. The number of hydrogen-bond donors (Lipinski definition) is 1. The van der Waals surface area contributed by atoms with Gasteiger partial charge in [-0.1, -0.05) is 23.7 Å². The Morgan fingerprint density at radius 3 is 2.87 bits per heavy atom. The van der Waals surface area contributed by atoms with Crippen molar-refractivity contribution in [3.8, 4) is 0 Å². The summed E-state index contributed by atoms with van der Waals surface area (Å²) >= 11 is 7.13. The Morgan fingerprint density at radius 1 is 1.29 bits per heavy atom. The number of benzene rings is 2. The van der Waals surface area contributed by atoms with E-state index in [1.165, 1.54) is 28.6 Å². The lowest BCUT2D eigenvalue weighted by Crippen LogP contribution is -2.36. The van der Waals surface area contributed by atoms with Gasteiger partial charge < -0.3 is 15.0 Å². The van der Waals surface area contributed by atoms with Gasteiger partial charge in [-0.05, 0) is 59.7 Å². The first-order valence-electron chi connectivity index (χ1n) is 11.9. The lowest BCUT2D eigenvalue weighted by atomic mass is 10.1. The summed E-state index contributed by atoms with van der Waals surface area (Å²) in [4.78, 5) is 19.4. The maximum atomic E-state index is 13.5. The largest absolute Gasteiger partial charge is 0.416 e. The van der Waals surface area contributed by atoms with Gasteiger partial charge in [-0.15, -0.1) is 0 Å². The van der Waals surface area contributed by atoms with Crippen molar-refractivity contribution in [3.63, 3.8) is 0 Å². The molecule has 3 heterocycles. The smallest absolute Gasteiger partial charge is 0.383 e. The number of amidine groups is 1. The lowest BCUT2D eigenvalue weighted by molar-refractivity contribution is -0.138. The van der Waals surface area contributed by atoms with Gasteiger partial charge in [0.25, 0.3) is 5.91 Å². The van der Waals surface area contributed by atoms with Gasteiger partial charge in [-0.2, -0.15) is 23.3 Å². The topological polar surface area (TPSA) is 71.8 Å². The van der Waals surface area contributed by atoms with Crippen LogP contribution in [0, 0.1) is 0 Å². The van der Waals surface area contributed by atoms with Crippen LogP contribution in [0.15, 0.2) is 52.5 Å². The van der Waals surface area contributed by atoms with E-state index in [4.69, 9.17) is 16.3 Å². The second-order valence-electron chi connectivity index (χ2n) is 9.29. The van der Waals surface area contributed by atoms with Gasteiger partial charge in [0, 0.05) is 43.2 Å². The molecule has 200 valence electrons. The van der Waals surface area contributed by atoms with Gasteiger partial charge >= 0.3 is 6.18 Å². The van der Waals surface area contributed by atoms with Crippen molar-refractivity contribution in [1.29, 1.82) is 0 Å². The van der Waals surface area contributed by atoms with E-state index >= 15 is 0 Å². The van der Waals surface area contributed by atoms with E-state index in [1.807, 2.05) is 24.1 Å². The fraction of sp³-hybridized carbons (Fsp3) is 0.346. The summed E-state index contributed by atoms with van der Waals surface area (Å²) in [5.74, 6) is -0.297. The number of likely N-dealkylation sites (N-methyl/N-ethyl adjacent to an activating group) is 1.